The highest BCUT2D eigenvalue weighted by Gasteiger charge is 2.30. The number of benzene rings is 2. The number of hydrazine groups is 1. The fraction of sp³-hybridized carbons (Fsp3) is 0.308. The molecule has 5 rings (SSSR count). The summed E-state index contributed by atoms with van der Waals surface area (Å²) in [6.45, 7) is 2.85. The molecule has 2 aliphatic heterocycles. The summed E-state index contributed by atoms with van der Waals surface area (Å²) in [6.07, 6.45) is 5.43. The second-order valence-electron chi connectivity index (χ2n) is 8.72. The largest absolute Gasteiger partial charge is 0.497 e. The van der Waals surface area contributed by atoms with E-state index in [0.29, 0.717) is 34.5 Å². The van der Waals surface area contributed by atoms with E-state index in [0.717, 1.165) is 54.1 Å². The molecule has 35 heavy (non-hydrogen) atoms. The normalized spacial score (nSPS) is 17.3. The fourth-order valence-electron chi connectivity index (χ4n) is 4.59. The number of fused-ring (bicyclic) bond motifs is 1. The summed E-state index contributed by atoms with van der Waals surface area (Å²) in [5, 5.41) is 11.2. The van der Waals surface area contributed by atoms with Gasteiger partial charge in [0.1, 0.15) is 5.75 Å². The minimum atomic E-state index is -0.209. The molecule has 7 nitrogen and oxygen atoms in total. The molecule has 3 aromatic rings. The van der Waals surface area contributed by atoms with Crippen molar-refractivity contribution in [1.29, 1.82) is 0 Å². The highest BCUT2D eigenvalue weighted by molar-refractivity contribution is 6.35. The number of amides is 1. The Kier molecular flexibility index (Phi) is 7.11. The third-order valence-electron chi connectivity index (χ3n) is 6.33. The Bertz CT molecular complexity index is 1260. The summed E-state index contributed by atoms with van der Waals surface area (Å²) < 4.78 is 7.06. The zero-order valence-electron chi connectivity index (χ0n) is 19.5. The molecule has 0 unspecified atom stereocenters. The maximum atomic E-state index is 13.4. The average Bonchev–Trinajstić information content (AvgIpc) is 3.26. The van der Waals surface area contributed by atoms with Crippen LogP contribution in [0.15, 0.2) is 42.5 Å². The van der Waals surface area contributed by atoms with Crippen molar-refractivity contribution in [2.24, 2.45) is 0 Å². The number of nitrogens with zero attached hydrogens (tertiary/aromatic N) is 3. The highest BCUT2D eigenvalue weighted by Crippen LogP contribution is 2.33. The first kappa shape index (κ1) is 23.9. The van der Waals surface area contributed by atoms with Gasteiger partial charge in [-0.25, -0.2) is 9.69 Å². The van der Waals surface area contributed by atoms with E-state index in [1.54, 1.807) is 23.9 Å². The average molecular weight is 512 g/mol. The summed E-state index contributed by atoms with van der Waals surface area (Å²) in [5.74, 6) is 0.587. The van der Waals surface area contributed by atoms with E-state index < -0.39 is 0 Å². The first-order chi connectivity index (χ1) is 17.0. The first-order valence-corrected chi connectivity index (χ1v) is 12.5. The molecule has 2 aliphatic rings. The maximum absolute atomic E-state index is 13.4. The van der Waals surface area contributed by atoms with Crippen molar-refractivity contribution in [3.63, 3.8) is 0 Å². The number of nitrogens with one attached hydrogen (secondary N) is 2. The number of halogens is 2. The molecule has 1 aromatic heterocycles. The molecule has 0 radical (unpaired) electrons. The number of methoxy groups -OCH3 is 1. The molecule has 0 aliphatic carbocycles. The third-order valence-corrected chi connectivity index (χ3v) is 6.87. The number of carbonyl (C=O) groups is 1. The number of piperidine rings is 1. The second-order valence-corrected chi connectivity index (χ2v) is 9.56. The summed E-state index contributed by atoms with van der Waals surface area (Å²) in [6, 6.07) is 13.1. The van der Waals surface area contributed by atoms with Crippen molar-refractivity contribution < 1.29 is 9.53 Å². The van der Waals surface area contributed by atoms with E-state index in [4.69, 9.17) is 33.0 Å². The molecule has 0 bridgehead atoms. The summed E-state index contributed by atoms with van der Waals surface area (Å²) in [4.78, 5) is 13.4. The highest BCUT2D eigenvalue weighted by atomic mass is 35.5. The molecule has 2 aromatic carbocycles. The predicted octanol–water partition coefficient (Wildman–Crippen LogP) is 4.96. The predicted molar refractivity (Wildman–Crippen MR) is 139 cm³/mol. The monoisotopic (exact) mass is 511 g/mol. The van der Waals surface area contributed by atoms with Gasteiger partial charge in [0, 0.05) is 36.8 Å². The topological polar surface area (TPSA) is 71.4 Å². The van der Waals surface area contributed by atoms with Gasteiger partial charge in [0.2, 0.25) is 0 Å². The van der Waals surface area contributed by atoms with Crippen LogP contribution in [0.1, 0.15) is 46.6 Å². The van der Waals surface area contributed by atoms with Crippen molar-refractivity contribution >= 4 is 40.8 Å². The Morgan fingerprint density at radius 2 is 1.86 bits per heavy atom. The van der Waals surface area contributed by atoms with Gasteiger partial charge in [-0.05, 0) is 60.4 Å². The van der Waals surface area contributed by atoms with E-state index in [1.165, 1.54) is 6.42 Å². The molecule has 1 fully saturated rings. The molecule has 3 heterocycles. The van der Waals surface area contributed by atoms with E-state index in [1.807, 2.05) is 35.3 Å². The van der Waals surface area contributed by atoms with Crippen molar-refractivity contribution in [3.8, 4) is 11.4 Å². The van der Waals surface area contributed by atoms with E-state index in [2.05, 4.69) is 16.8 Å². The van der Waals surface area contributed by atoms with Crippen LogP contribution >= 0.6 is 23.2 Å². The molecular formula is C26H27Cl2N5O2. The van der Waals surface area contributed by atoms with E-state index in [9.17, 15) is 4.79 Å². The summed E-state index contributed by atoms with van der Waals surface area (Å²) in [7, 11) is 1.65. The SMILES string of the molecule is COc1ccc(C=C2CNCc3c(C(=O)NN4CCCCC4)nn(-c4ccc(Cl)cc4Cl)c32)cc1. The van der Waals surface area contributed by atoms with E-state index in [-0.39, 0.29) is 5.91 Å². The molecular weight excluding hydrogens is 485 g/mol. The Morgan fingerprint density at radius 1 is 1.09 bits per heavy atom. The van der Waals surface area contributed by atoms with Gasteiger partial charge in [-0.3, -0.25) is 10.2 Å². The van der Waals surface area contributed by atoms with E-state index >= 15 is 0 Å². The fourth-order valence-corrected chi connectivity index (χ4v) is 5.07. The van der Waals surface area contributed by atoms with Gasteiger partial charge >= 0.3 is 0 Å². The van der Waals surface area contributed by atoms with Crippen LogP contribution in [-0.4, -0.2) is 47.4 Å². The van der Waals surface area contributed by atoms with Gasteiger partial charge in [0.25, 0.3) is 5.91 Å². The molecule has 0 atom stereocenters. The van der Waals surface area contributed by atoms with Crippen LogP contribution in [-0.2, 0) is 6.54 Å². The second kappa shape index (κ2) is 10.4. The van der Waals surface area contributed by atoms with Gasteiger partial charge in [-0.1, -0.05) is 41.8 Å². The van der Waals surface area contributed by atoms with Crippen molar-refractivity contribution in [3.05, 3.63) is 75.0 Å². The van der Waals surface area contributed by atoms with Crippen LogP contribution in [0.5, 0.6) is 5.75 Å². The lowest BCUT2D eigenvalue weighted by Gasteiger charge is -2.26. The summed E-state index contributed by atoms with van der Waals surface area (Å²) >= 11 is 12.7. The van der Waals surface area contributed by atoms with Crippen LogP contribution in [0.4, 0.5) is 0 Å². The molecule has 9 heteroatoms. The Morgan fingerprint density at radius 3 is 2.57 bits per heavy atom. The Balaban J connectivity index is 1.60. The number of ether oxygens (including phenoxy) is 1. The van der Waals surface area contributed by atoms with Crippen LogP contribution in [0, 0.1) is 0 Å². The minimum Gasteiger partial charge on any atom is -0.497 e. The van der Waals surface area contributed by atoms with Gasteiger partial charge in [0.05, 0.1) is 23.5 Å². The maximum Gasteiger partial charge on any atom is 0.286 e. The van der Waals surface area contributed by atoms with Gasteiger partial charge in [-0.15, -0.1) is 0 Å². The lowest BCUT2D eigenvalue weighted by Crippen LogP contribution is -2.45. The van der Waals surface area contributed by atoms with Crippen LogP contribution in [0.3, 0.4) is 0 Å². The third kappa shape index (κ3) is 5.09. The van der Waals surface area contributed by atoms with Gasteiger partial charge < -0.3 is 10.1 Å². The molecule has 0 saturated carbocycles. The number of aromatic nitrogens is 2. The van der Waals surface area contributed by atoms with Gasteiger partial charge in [0.15, 0.2) is 5.69 Å². The number of hydrogen-bond donors (Lipinski definition) is 2. The number of carbonyl (C=O) groups excluding carboxylic acids is 1. The Labute approximate surface area is 214 Å². The number of rotatable bonds is 5. The number of hydrogen-bond acceptors (Lipinski definition) is 5. The zero-order valence-corrected chi connectivity index (χ0v) is 21.0. The standard InChI is InChI=1S/C26H27Cl2N5O2/c1-35-20-8-5-17(6-9-20)13-18-15-29-16-21-24(26(34)31-32-11-3-2-4-12-32)30-33(25(18)21)23-10-7-19(27)14-22(23)28/h5-10,13-14,29H,2-4,11-12,15-16H2,1H3,(H,31,34). The zero-order chi connectivity index (χ0) is 24.4. The molecule has 0 spiro atoms. The lowest BCUT2D eigenvalue weighted by molar-refractivity contribution is 0.0743. The van der Waals surface area contributed by atoms with Gasteiger partial charge in [-0.2, -0.15) is 5.10 Å². The lowest BCUT2D eigenvalue weighted by atomic mass is 9.99. The van der Waals surface area contributed by atoms with Crippen molar-refractivity contribution in [1.82, 2.24) is 25.5 Å². The van der Waals surface area contributed by atoms with Crippen molar-refractivity contribution in [2.45, 2.75) is 25.8 Å². The first-order valence-electron chi connectivity index (χ1n) is 11.7. The molecule has 2 N–H and O–H groups in total. The smallest absolute Gasteiger partial charge is 0.286 e. The quantitative estimate of drug-likeness (QED) is 0.506. The van der Waals surface area contributed by atoms with Crippen LogP contribution in [0.2, 0.25) is 10.0 Å². The molecule has 182 valence electrons. The van der Waals surface area contributed by atoms with Crippen LogP contribution in [0.25, 0.3) is 17.3 Å². The Hall–Kier alpha value is -2.84. The molecule has 1 amide bonds. The minimum absolute atomic E-state index is 0.209. The van der Waals surface area contributed by atoms with Crippen molar-refractivity contribution in [2.75, 3.05) is 26.7 Å². The molecule has 1 saturated heterocycles. The van der Waals surface area contributed by atoms with Crippen LogP contribution < -0.4 is 15.5 Å². The summed E-state index contributed by atoms with van der Waals surface area (Å²) in [5.41, 5.74) is 7.86.